The molecule has 2 aliphatic rings. The number of fused-ring (bicyclic) bond motifs is 1. The van der Waals surface area contributed by atoms with Gasteiger partial charge in [0.05, 0.1) is 12.2 Å². The fourth-order valence-electron chi connectivity index (χ4n) is 4.45. The molecule has 1 N–H and O–H groups in total. The Kier molecular flexibility index (Phi) is 5.19. The third-order valence-corrected chi connectivity index (χ3v) is 6.00. The van der Waals surface area contributed by atoms with Crippen LogP contribution in [0.1, 0.15) is 65.0 Å². The number of carbonyl (C=O) groups is 1. The van der Waals surface area contributed by atoms with Crippen LogP contribution < -0.4 is 5.32 Å². The summed E-state index contributed by atoms with van der Waals surface area (Å²) >= 11 is 0. The number of hydrogen-bond donors (Lipinski definition) is 1. The van der Waals surface area contributed by atoms with E-state index in [2.05, 4.69) is 19.2 Å². The number of carbonyl (C=O) groups excluding carboxylic acids is 1. The maximum absolute atomic E-state index is 13.3. The zero-order valence-electron chi connectivity index (χ0n) is 15.7. The normalized spacial score (nSPS) is 35.3. The predicted octanol–water partition coefficient (Wildman–Crippen LogP) is 4.62. The highest BCUT2D eigenvalue weighted by atomic mass is 19.1. The van der Waals surface area contributed by atoms with Gasteiger partial charge in [0.25, 0.3) is 0 Å². The van der Waals surface area contributed by atoms with Crippen LogP contribution >= 0.6 is 0 Å². The van der Waals surface area contributed by atoms with Gasteiger partial charge < -0.3 is 10.1 Å². The summed E-state index contributed by atoms with van der Waals surface area (Å²) in [5.74, 6) is 0.797. The lowest BCUT2D eigenvalue weighted by Gasteiger charge is -2.52. The van der Waals surface area contributed by atoms with Crippen molar-refractivity contribution in [3.8, 4) is 0 Å². The maximum Gasteiger partial charge on any atom is 0.222 e. The fourth-order valence-corrected chi connectivity index (χ4v) is 4.45. The monoisotopic (exact) mass is 347 g/mol. The van der Waals surface area contributed by atoms with Crippen molar-refractivity contribution >= 4 is 5.91 Å². The number of nitrogens with one attached hydrogen (secondary N) is 1. The molecular weight excluding hydrogens is 317 g/mol. The molecule has 1 amide bonds. The highest BCUT2D eigenvalue weighted by molar-refractivity contribution is 5.78. The Labute approximate surface area is 150 Å². The lowest BCUT2D eigenvalue weighted by Crippen LogP contribution is -2.61. The van der Waals surface area contributed by atoms with E-state index in [1.54, 1.807) is 12.1 Å². The highest BCUT2D eigenvalue weighted by Gasteiger charge is 2.49. The molecule has 3 nitrogen and oxygen atoms in total. The lowest BCUT2D eigenvalue weighted by molar-refractivity contribution is -0.155. The van der Waals surface area contributed by atoms with E-state index in [9.17, 15) is 9.18 Å². The molecule has 2 fully saturated rings. The Morgan fingerprint density at radius 3 is 2.60 bits per heavy atom. The molecule has 1 saturated heterocycles. The van der Waals surface area contributed by atoms with E-state index in [-0.39, 0.29) is 35.4 Å². The number of halogens is 1. The maximum atomic E-state index is 13.3. The largest absolute Gasteiger partial charge is 0.370 e. The molecule has 1 heterocycles. The van der Waals surface area contributed by atoms with Crippen LogP contribution in [0.3, 0.4) is 0 Å². The summed E-state index contributed by atoms with van der Waals surface area (Å²) in [4.78, 5) is 12.4. The minimum atomic E-state index is -0.288. The topological polar surface area (TPSA) is 38.3 Å². The molecule has 0 unspecified atom stereocenters. The molecule has 0 radical (unpaired) electrons. The Bertz CT molecular complexity index is 615. The van der Waals surface area contributed by atoms with Gasteiger partial charge in [0.1, 0.15) is 5.82 Å². The highest BCUT2D eigenvalue weighted by Crippen LogP contribution is 2.47. The van der Waals surface area contributed by atoms with Gasteiger partial charge in [0, 0.05) is 23.8 Å². The quantitative estimate of drug-likeness (QED) is 0.866. The summed E-state index contributed by atoms with van der Waals surface area (Å²) in [7, 11) is 0. The zero-order valence-corrected chi connectivity index (χ0v) is 15.7. The summed E-state index contributed by atoms with van der Waals surface area (Å²) in [6, 6.07) is 6.57. The van der Waals surface area contributed by atoms with E-state index >= 15 is 0 Å². The van der Waals surface area contributed by atoms with E-state index in [0.717, 1.165) is 24.8 Å². The summed E-state index contributed by atoms with van der Waals surface area (Å²) in [5, 5.41) is 3.33. The van der Waals surface area contributed by atoms with Crippen molar-refractivity contribution in [2.45, 2.75) is 71.1 Å². The number of ether oxygens (including phenoxy) is 1. The SMILES string of the molecule is CC(C)C(=O)N[C@]1(C)C[C@H](c2ccc(F)cc2)O[C@@H]2C[C@H](C)CC[C@H]21. The van der Waals surface area contributed by atoms with Gasteiger partial charge in [0.2, 0.25) is 5.91 Å². The average molecular weight is 347 g/mol. The molecule has 1 aliphatic heterocycles. The third-order valence-electron chi connectivity index (χ3n) is 6.00. The second-order valence-electron chi connectivity index (χ2n) is 8.50. The molecule has 4 heteroatoms. The Balaban J connectivity index is 1.88. The van der Waals surface area contributed by atoms with Crippen LogP contribution in [-0.2, 0) is 9.53 Å². The zero-order chi connectivity index (χ0) is 18.2. The van der Waals surface area contributed by atoms with Crippen LogP contribution in [0.5, 0.6) is 0 Å². The van der Waals surface area contributed by atoms with Gasteiger partial charge in [-0.2, -0.15) is 0 Å². The van der Waals surface area contributed by atoms with E-state index < -0.39 is 0 Å². The summed E-state index contributed by atoms with van der Waals surface area (Å²) in [6.45, 7) is 8.29. The van der Waals surface area contributed by atoms with Gasteiger partial charge in [-0.15, -0.1) is 0 Å². The van der Waals surface area contributed by atoms with Crippen molar-refractivity contribution < 1.29 is 13.9 Å². The fraction of sp³-hybridized carbons (Fsp3) is 0.667. The summed E-state index contributed by atoms with van der Waals surface area (Å²) in [6.07, 6.45) is 4.05. The van der Waals surface area contributed by atoms with Gasteiger partial charge >= 0.3 is 0 Å². The minimum Gasteiger partial charge on any atom is -0.370 e. The standard InChI is InChI=1S/C21H30FNO2/c1-13(2)20(24)23-21(4)12-19(15-6-8-16(22)9-7-15)25-18-11-14(3)5-10-17(18)21/h6-9,13-14,17-19H,5,10-12H2,1-4H3,(H,23,24)/t14-,17-,18-,19-,21-/m1/s1. The minimum absolute atomic E-state index is 0.0371. The molecule has 1 saturated carbocycles. The molecule has 0 bridgehead atoms. The van der Waals surface area contributed by atoms with Crippen LogP contribution in [0.25, 0.3) is 0 Å². The van der Waals surface area contributed by atoms with Gasteiger partial charge in [-0.3, -0.25) is 4.79 Å². The van der Waals surface area contributed by atoms with Crippen molar-refractivity contribution in [2.24, 2.45) is 17.8 Å². The van der Waals surface area contributed by atoms with Crippen molar-refractivity contribution in [2.75, 3.05) is 0 Å². The Morgan fingerprint density at radius 2 is 1.96 bits per heavy atom. The van der Waals surface area contributed by atoms with E-state index in [1.807, 2.05) is 13.8 Å². The van der Waals surface area contributed by atoms with Crippen molar-refractivity contribution in [3.05, 3.63) is 35.6 Å². The number of hydrogen-bond acceptors (Lipinski definition) is 2. The molecule has 25 heavy (non-hydrogen) atoms. The predicted molar refractivity (Wildman–Crippen MR) is 96.5 cm³/mol. The first-order valence-corrected chi connectivity index (χ1v) is 9.51. The molecule has 0 spiro atoms. The van der Waals surface area contributed by atoms with E-state index in [1.165, 1.54) is 18.6 Å². The first-order valence-electron chi connectivity index (χ1n) is 9.51. The van der Waals surface area contributed by atoms with E-state index in [4.69, 9.17) is 4.74 Å². The van der Waals surface area contributed by atoms with Crippen LogP contribution in [0.2, 0.25) is 0 Å². The van der Waals surface area contributed by atoms with Crippen LogP contribution in [0.15, 0.2) is 24.3 Å². The smallest absolute Gasteiger partial charge is 0.222 e. The van der Waals surface area contributed by atoms with Gasteiger partial charge in [-0.25, -0.2) is 4.39 Å². The molecule has 3 rings (SSSR count). The van der Waals surface area contributed by atoms with Crippen molar-refractivity contribution in [1.29, 1.82) is 0 Å². The molecular formula is C21H30FNO2. The van der Waals surface area contributed by atoms with Gasteiger partial charge in [-0.1, -0.05) is 39.3 Å². The lowest BCUT2D eigenvalue weighted by atomic mass is 9.66. The number of benzene rings is 1. The molecule has 138 valence electrons. The summed E-state index contributed by atoms with van der Waals surface area (Å²) in [5.41, 5.74) is 0.701. The third kappa shape index (κ3) is 3.89. The average Bonchev–Trinajstić information content (AvgIpc) is 2.54. The molecule has 0 aromatic heterocycles. The first-order chi connectivity index (χ1) is 11.8. The Hall–Kier alpha value is -1.42. The second kappa shape index (κ2) is 7.06. The molecule has 1 aromatic carbocycles. The molecule has 1 aromatic rings. The molecule has 1 aliphatic carbocycles. The van der Waals surface area contributed by atoms with E-state index in [0.29, 0.717) is 11.8 Å². The van der Waals surface area contributed by atoms with Crippen molar-refractivity contribution in [3.63, 3.8) is 0 Å². The second-order valence-corrected chi connectivity index (χ2v) is 8.50. The Morgan fingerprint density at radius 1 is 1.28 bits per heavy atom. The number of rotatable bonds is 3. The van der Waals surface area contributed by atoms with Gasteiger partial charge in [0.15, 0.2) is 0 Å². The van der Waals surface area contributed by atoms with Crippen molar-refractivity contribution in [1.82, 2.24) is 5.32 Å². The van der Waals surface area contributed by atoms with Gasteiger partial charge in [-0.05, 0) is 43.4 Å². The summed E-state index contributed by atoms with van der Waals surface area (Å²) < 4.78 is 19.7. The van der Waals surface area contributed by atoms with Crippen LogP contribution in [-0.4, -0.2) is 17.6 Å². The number of amides is 1. The van der Waals surface area contributed by atoms with Crippen LogP contribution in [0.4, 0.5) is 4.39 Å². The van der Waals surface area contributed by atoms with Crippen LogP contribution in [0, 0.1) is 23.6 Å². The molecule has 5 atom stereocenters. The first kappa shape index (κ1) is 18.4.